The van der Waals surface area contributed by atoms with Gasteiger partial charge in [-0.1, -0.05) is 0 Å². The lowest BCUT2D eigenvalue weighted by Crippen LogP contribution is -2.08. The van der Waals surface area contributed by atoms with Crippen LogP contribution in [-0.2, 0) is 13.2 Å². The van der Waals surface area contributed by atoms with Crippen LogP contribution in [0.5, 0.6) is 0 Å². The fourth-order valence-electron chi connectivity index (χ4n) is 1.43. The lowest BCUT2D eigenvalue weighted by atomic mass is 10.1. The Balaban J connectivity index is 2.56. The molecule has 2 rings (SSSR count). The number of hydrogen-bond donors (Lipinski definition) is 0. The van der Waals surface area contributed by atoms with Gasteiger partial charge in [-0.05, 0) is 18.2 Å². The van der Waals surface area contributed by atoms with Crippen molar-refractivity contribution in [3.8, 4) is 11.4 Å². The van der Waals surface area contributed by atoms with E-state index in [1.807, 2.05) is 0 Å². The first-order valence-electron chi connectivity index (χ1n) is 4.60. The van der Waals surface area contributed by atoms with Crippen LogP contribution in [0.4, 0.5) is 17.6 Å². The smallest absolute Gasteiger partial charge is 0.317 e. The van der Waals surface area contributed by atoms with Gasteiger partial charge in [0.2, 0.25) is 0 Å². The lowest BCUT2D eigenvalue weighted by molar-refractivity contribution is -0.139. The molecule has 1 aromatic carbocycles. The van der Waals surface area contributed by atoms with E-state index in [1.54, 1.807) is 7.05 Å². The SMILES string of the molecule is Cn1cnnc1-c1ccc(F)c(C(F)(F)F)c1. The van der Waals surface area contributed by atoms with Gasteiger partial charge in [0.05, 0.1) is 5.56 Å². The van der Waals surface area contributed by atoms with Crippen molar-refractivity contribution < 1.29 is 17.6 Å². The normalized spacial score (nSPS) is 11.8. The predicted molar refractivity (Wildman–Crippen MR) is 51.4 cm³/mol. The van der Waals surface area contributed by atoms with Gasteiger partial charge in [0.15, 0.2) is 5.82 Å². The average molecular weight is 245 g/mol. The van der Waals surface area contributed by atoms with E-state index in [9.17, 15) is 17.6 Å². The van der Waals surface area contributed by atoms with Crippen molar-refractivity contribution in [1.29, 1.82) is 0 Å². The summed E-state index contributed by atoms with van der Waals surface area (Å²) in [7, 11) is 1.59. The predicted octanol–water partition coefficient (Wildman–Crippen LogP) is 2.64. The maximum atomic E-state index is 13.0. The number of aromatic nitrogens is 3. The molecule has 0 unspecified atom stereocenters. The first-order valence-corrected chi connectivity index (χ1v) is 4.60. The van der Waals surface area contributed by atoms with Crippen LogP contribution in [0.15, 0.2) is 24.5 Å². The lowest BCUT2D eigenvalue weighted by Gasteiger charge is -2.09. The number of rotatable bonds is 1. The molecule has 0 spiro atoms. The topological polar surface area (TPSA) is 30.7 Å². The summed E-state index contributed by atoms with van der Waals surface area (Å²) in [6, 6.07) is 2.72. The largest absolute Gasteiger partial charge is 0.419 e. The molecule has 0 bridgehead atoms. The van der Waals surface area contributed by atoms with Gasteiger partial charge in [0, 0.05) is 12.6 Å². The number of benzene rings is 1. The van der Waals surface area contributed by atoms with Gasteiger partial charge in [-0.3, -0.25) is 0 Å². The molecule has 1 aromatic heterocycles. The Bertz CT molecular complexity index is 545. The zero-order valence-electron chi connectivity index (χ0n) is 8.66. The quantitative estimate of drug-likeness (QED) is 0.723. The summed E-state index contributed by atoms with van der Waals surface area (Å²) in [5.74, 6) is -1.06. The third-order valence-electron chi connectivity index (χ3n) is 2.24. The minimum Gasteiger partial charge on any atom is -0.317 e. The highest BCUT2D eigenvalue weighted by Gasteiger charge is 2.34. The van der Waals surface area contributed by atoms with E-state index in [0.717, 1.165) is 12.1 Å². The number of halogens is 4. The van der Waals surface area contributed by atoms with Crippen molar-refractivity contribution in [2.45, 2.75) is 6.18 Å². The van der Waals surface area contributed by atoms with Gasteiger partial charge in [-0.2, -0.15) is 13.2 Å². The van der Waals surface area contributed by atoms with E-state index in [-0.39, 0.29) is 11.4 Å². The summed E-state index contributed by atoms with van der Waals surface area (Å²) in [6.07, 6.45) is -3.37. The summed E-state index contributed by atoms with van der Waals surface area (Å²) >= 11 is 0. The monoisotopic (exact) mass is 245 g/mol. The highest BCUT2D eigenvalue weighted by Crippen LogP contribution is 2.33. The van der Waals surface area contributed by atoms with Crippen LogP contribution in [0, 0.1) is 5.82 Å². The number of nitrogens with zero attached hydrogens (tertiary/aromatic N) is 3. The minimum atomic E-state index is -4.72. The molecule has 0 aliphatic heterocycles. The maximum Gasteiger partial charge on any atom is 0.419 e. The van der Waals surface area contributed by atoms with E-state index in [1.165, 1.54) is 17.0 Å². The van der Waals surface area contributed by atoms with Crippen molar-refractivity contribution in [3.63, 3.8) is 0 Å². The third-order valence-corrected chi connectivity index (χ3v) is 2.24. The van der Waals surface area contributed by atoms with Crippen LogP contribution in [0.1, 0.15) is 5.56 Å². The van der Waals surface area contributed by atoms with E-state index in [0.29, 0.717) is 0 Å². The Kier molecular flexibility index (Phi) is 2.60. The van der Waals surface area contributed by atoms with Crippen molar-refractivity contribution in [3.05, 3.63) is 35.9 Å². The van der Waals surface area contributed by atoms with Crippen LogP contribution >= 0.6 is 0 Å². The molecule has 0 aliphatic rings. The second kappa shape index (κ2) is 3.83. The summed E-state index contributed by atoms with van der Waals surface area (Å²) in [5.41, 5.74) is -1.14. The van der Waals surface area contributed by atoms with Crippen LogP contribution < -0.4 is 0 Å². The third kappa shape index (κ3) is 2.13. The van der Waals surface area contributed by atoms with Crippen LogP contribution in [0.3, 0.4) is 0 Å². The van der Waals surface area contributed by atoms with Crippen LogP contribution in [0.2, 0.25) is 0 Å². The second-order valence-electron chi connectivity index (χ2n) is 3.46. The first kappa shape index (κ1) is 11.6. The van der Waals surface area contributed by atoms with Crippen LogP contribution in [0.25, 0.3) is 11.4 Å². The molecule has 17 heavy (non-hydrogen) atoms. The molecule has 0 saturated heterocycles. The van der Waals surface area contributed by atoms with E-state index in [2.05, 4.69) is 10.2 Å². The molecule has 0 aliphatic carbocycles. The Morgan fingerprint density at radius 3 is 2.47 bits per heavy atom. The summed E-state index contributed by atoms with van der Waals surface area (Å²) in [6.45, 7) is 0. The van der Waals surface area contributed by atoms with Crippen molar-refractivity contribution in [2.24, 2.45) is 7.05 Å². The minimum absolute atomic E-state index is 0.165. The molecule has 2 aromatic rings. The van der Waals surface area contributed by atoms with Crippen molar-refractivity contribution >= 4 is 0 Å². The van der Waals surface area contributed by atoms with E-state index < -0.39 is 17.6 Å². The number of alkyl halides is 3. The zero-order valence-corrected chi connectivity index (χ0v) is 8.66. The molecule has 0 amide bonds. The summed E-state index contributed by atoms with van der Waals surface area (Å²) in [4.78, 5) is 0. The second-order valence-corrected chi connectivity index (χ2v) is 3.46. The number of aryl methyl sites for hydroxylation is 1. The molecule has 0 N–H and O–H groups in total. The summed E-state index contributed by atoms with van der Waals surface area (Å²) < 4.78 is 52.0. The van der Waals surface area contributed by atoms with Gasteiger partial charge in [-0.25, -0.2) is 4.39 Å². The fraction of sp³-hybridized carbons (Fsp3) is 0.200. The molecule has 90 valence electrons. The molecule has 0 radical (unpaired) electrons. The molecule has 0 fully saturated rings. The van der Waals surface area contributed by atoms with Gasteiger partial charge >= 0.3 is 6.18 Å². The molecule has 3 nitrogen and oxygen atoms in total. The van der Waals surface area contributed by atoms with E-state index >= 15 is 0 Å². The Morgan fingerprint density at radius 2 is 1.94 bits per heavy atom. The standard InChI is InChI=1S/C10H7F4N3/c1-17-5-15-16-9(17)6-2-3-8(11)7(4-6)10(12,13)14/h2-5H,1H3. The molecular weight excluding hydrogens is 238 g/mol. The van der Waals surface area contributed by atoms with Gasteiger partial charge in [0.25, 0.3) is 0 Å². The highest BCUT2D eigenvalue weighted by molar-refractivity contribution is 5.56. The molecule has 0 saturated carbocycles. The Hall–Kier alpha value is -1.92. The average Bonchev–Trinajstić information content (AvgIpc) is 2.63. The van der Waals surface area contributed by atoms with Gasteiger partial charge in [0.1, 0.15) is 12.1 Å². The Labute approximate surface area is 93.7 Å². The van der Waals surface area contributed by atoms with Gasteiger partial charge in [-0.15, -0.1) is 10.2 Å². The highest BCUT2D eigenvalue weighted by atomic mass is 19.4. The fourth-order valence-corrected chi connectivity index (χ4v) is 1.43. The van der Waals surface area contributed by atoms with Gasteiger partial charge < -0.3 is 4.57 Å². The Morgan fingerprint density at radius 1 is 1.24 bits per heavy atom. The zero-order chi connectivity index (χ0) is 12.6. The molecular formula is C10H7F4N3. The number of hydrogen-bond acceptors (Lipinski definition) is 2. The van der Waals surface area contributed by atoms with Crippen molar-refractivity contribution in [2.75, 3.05) is 0 Å². The molecule has 1 heterocycles. The van der Waals surface area contributed by atoms with Crippen LogP contribution in [-0.4, -0.2) is 14.8 Å². The van der Waals surface area contributed by atoms with E-state index in [4.69, 9.17) is 0 Å². The molecule has 0 atom stereocenters. The first-order chi connectivity index (χ1) is 7.89. The maximum absolute atomic E-state index is 13.0. The van der Waals surface area contributed by atoms with Crippen molar-refractivity contribution in [1.82, 2.24) is 14.8 Å². The molecule has 7 heteroatoms. The summed E-state index contributed by atoms with van der Waals surface area (Å²) in [5, 5.41) is 7.21.